The Morgan fingerprint density at radius 3 is 2.63 bits per heavy atom. The third-order valence-electron chi connectivity index (χ3n) is 5.96. The highest BCUT2D eigenvalue weighted by Gasteiger charge is 2.44. The van der Waals surface area contributed by atoms with E-state index in [1.54, 1.807) is 12.1 Å². The van der Waals surface area contributed by atoms with Crippen LogP contribution in [0.4, 0.5) is 0 Å². The summed E-state index contributed by atoms with van der Waals surface area (Å²) in [7, 11) is -2.19. The summed E-state index contributed by atoms with van der Waals surface area (Å²) < 4.78 is 33.3. The van der Waals surface area contributed by atoms with Crippen molar-refractivity contribution in [3.8, 4) is 5.75 Å². The number of hydrogen-bond acceptors (Lipinski definition) is 6. The molecule has 164 valence electrons. The third kappa shape index (κ3) is 4.76. The number of rotatable bonds is 8. The van der Waals surface area contributed by atoms with E-state index in [2.05, 4.69) is 15.4 Å². The van der Waals surface area contributed by atoms with E-state index in [0.717, 1.165) is 12.8 Å². The molecule has 10 heteroatoms. The van der Waals surface area contributed by atoms with Gasteiger partial charge in [-0.3, -0.25) is 14.5 Å². The highest BCUT2D eigenvalue weighted by molar-refractivity contribution is 7.89. The molecule has 3 aliphatic rings. The first-order valence-electron chi connectivity index (χ1n) is 10.3. The van der Waals surface area contributed by atoms with Crippen molar-refractivity contribution in [3.63, 3.8) is 0 Å². The number of hydrogen-bond donors (Lipinski definition) is 3. The van der Waals surface area contributed by atoms with Gasteiger partial charge < -0.3 is 15.4 Å². The van der Waals surface area contributed by atoms with Crippen LogP contribution in [0.15, 0.2) is 29.2 Å². The third-order valence-corrected chi connectivity index (χ3v) is 7.50. The number of carbonyl (C=O) groups excluding carboxylic acids is 2. The van der Waals surface area contributed by atoms with Crippen LogP contribution in [0.2, 0.25) is 0 Å². The van der Waals surface area contributed by atoms with Gasteiger partial charge in [-0.25, -0.2) is 13.1 Å². The van der Waals surface area contributed by atoms with Crippen molar-refractivity contribution >= 4 is 21.8 Å². The van der Waals surface area contributed by atoms with Gasteiger partial charge in [-0.05, 0) is 49.9 Å². The predicted octanol–water partition coefficient (Wildman–Crippen LogP) is -0.0264. The summed E-state index contributed by atoms with van der Waals surface area (Å²) in [5.74, 6) is 0.541. The maximum Gasteiger partial charge on any atom is 0.240 e. The molecule has 0 aromatic heterocycles. The molecule has 2 heterocycles. The first-order valence-corrected chi connectivity index (χ1v) is 11.8. The summed E-state index contributed by atoms with van der Waals surface area (Å²) >= 11 is 0. The molecule has 0 spiro atoms. The second-order valence-electron chi connectivity index (χ2n) is 8.22. The maximum atomic E-state index is 12.8. The average molecular weight is 437 g/mol. The van der Waals surface area contributed by atoms with E-state index in [1.165, 1.54) is 19.2 Å². The van der Waals surface area contributed by atoms with Gasteiger partial charge in [-0.1, -0.05) is 0 Å². The minimum atomic E-state index is -3.71. The normalized spacial score (nSPS) is 26.7. The lowest BCUT2D eigenvalue weighted by molar-refractivity contribution is -0.129. The van der Waals surface area contributed by atoms with Crippen molar-refractivity contribution < 1.29 is 22.7 Å². The SMILES string of the molecule is COc1ccc(S(=O)(=O)NC2CC3C(=O)NCC(CCC(=O)NC4CC4)N3C2)cc1. The fourth-order valence-corrected chi connectivity index (χ4v) is 5.44. The largest absolute Gasteiger partial charge is 0.497 e. The predicted molar refractivity (Wildman–Crippen MR) is 109 cm³/mol. The molecule has 2 aliphatic heterocycles. The average Bonchev–Trinajstić information content (AvgIpc) is 3.43. The second kappa shape index (κ2) is 8.52. The van der Waals surface area contributed by atoms with Gasteiger partial charge in [0.1, 0.15) is 5.75 Å². The molecule has 1 aliphatic carbocycles. The van der Waals surface area contributed by atoms with Crippen molar-refractivity contribution in [2.45, 2.75) is 61.2 Å². The van der Waals surface area contributed by atoms with Crippen LogP contribution in [0.5, 0.6) is 5.75 Å². The minimum absolute atomic E-state index is 0.0214. The number of methoxy groups -OCH3 is 1. The fourth-order valence-electron chi connectivity index (χ4n) is 4.20. The van der Waals surface area contributed by atoms with Crippen LogP contribution < -0.4 is 20.1 Å². The Hall–Kier alpha value is -2.17. The molecule has 2 amide bonds. The lowest BCUT2D eigenvalue weighted by atomic mass is 10.0. The maximum absolute atomic E-state index is 12.8. The molecule has 3 atom stereocenters. The molecule has 3 unspecified atom stereocenters. The van der Waals surface area contributed by atoms with Gasteiger partial charge in [0.2, 0.25) is 21.8 Å². The first kappa shape index (κ1) is 21.1. The van der Waals surface area contributed by atoms with Crippen molar-refractivity contribution in [2.75, 3.05) is 20.2 Å². The Morgan fingerprint density at radius 1 is 1.23 bits per heavy atom. The molecule has 9 nitrogen and oxygen atoms in total. The van der Waals surface area contributed by atoms with Crippen LogP contribution in [0, 0.1) is 0 Å². The Morgan fingerprint density at radius 2 is 1.97 bits per heavy atom. The molecular weight excluding hydrogens is 408 g/mol. The number of sulfonamides is 1. The zero-order chi connectivity index (χ0) is 21.3. The number of ether oxygens (including phenoxy) is 1. The highest BCUT2D eigenvalue weighted by Crippen LogP contribution is 2.27. The number of fused-ring (bicyclic) bond motifs is 1. The Balaban J connectivity index is 1.37. The van der Waals surface area contributed by atoms with Crippen molar-refractivity contribution in [1.82, 2.24) is 20.3 Å². The molecule has 0 radical (unpaired) electrons. The smallest absolute Gasteiger partial charge is 0.240 e. The molecule has 3 fully saturated rings. The van der Waals surface area contributed by atoms with E-state index in [4.69, 9.17) is 4.74 Å². The van der Waals surface area contributed by atoms with Gasteiger partial charge in [0.05, 0.1) is 18.0 Å². The quantitative estimate of drug-likeness (QED) is 0.527. The highest BCUT2D eigenvalue weighted by atomic mass is 32.2. The summed E-state index contributed by atoms with van der Waals surface area (Å²) in [5, 5.41) is 5.89. The number of nitrogens with zero attached hydrogens (tertiary/aromatic N) is 1. The van der Waals surface area contributed by atoms with Crippen molar-refractivity contribution in [1.29, 1.82) is 0 Å². The van der Waals surface area contributed by atoms with Crippen molar-refractivity contribution in [2.24, 2.45) is 0 Å². The standard InChI is InChI=1S/C20H28N4O5S/c1-29-16-5-7-17(8-6-16)30(27,28)23-14-10-18-20(26)21-11-15(24(18)12-14)4-9-19(25)22-13-2-3-13/h5-8,13-15,18,23H,2-4,9-12H2,1H3,(H,21,26)(H,22,25). The fraction of sp³-hybridized carbons (Fsp3) is 0.600. The zero-order valence-electron chi connectivity index (χ0n) is 17.0. The van der Waals surface area contributed by atoms with Crippen LogP contribution >= 0.6 is 0 Å². The first-order chi connectivity index (χ1) is 14.4. The van der Waals surface area contributed by atoms with E-state index < -0.39 is 10.0 Å². The van der Waals surface area contributed by atoms with E-state index >= 15 is 0 Å². The molecular formula is C20H28N4O5S. The summed E-state index contributed by atoms with van der Waals surface area (Å²) in [6, 6.07) is 5.81. The van der Waals surface area contributed by atoms with Crippen LogP contribution in [-0.4, -0.2) is 69.5 Å². The van der Waals surface area contributed by atoms with Gasteiger partial charge in [-0.2, -0.15) is 0 Å². The van der Waals surface area contributed by atoms with Crippen LogP contribution in [0.3, 0.4) is 0 Å². The lowest BCUT2D eigenvalue weighted by Crippen LogP contribution is -2.58. The molecule has 4 rings (SSSR count). The van der Waals surface area contributed by atoms with Gasteiger partial charge in [0, 0.05) is 37.6 Å². The van der Waals surface area contributed by atoms with E-state index in [-0.39, 0.29) is 34.8 Å². The number of nitrogens with one attached hydrogen (secondary N) is 3. The molecule has 1 aromatic carbocycles. The molecule has 3 N–H and O–H groups in total. The van der Waals surface area contributed by atoms with E-state index in [1.807, 2.05) is 4.90 Å². The van der Waals surface area contributed by atoms with E-state index in [9.17, 15) is 18.0 Å². The number of carbonyl (C=O) groups is 2. The summed E-state index contributed by atoms with van der Waals surface area (Å²) in [6.45, 7) is 0.923. The number of amides is 2. The Kier molecular flexibility index (Phi) is 5.99. The number of piperazine rings is 1. The summed E-state index contributed by atoms with van der Waals surface area (Å²) in [5.41, 5.74) is 0. The second-order valence-corrected chi connectivity index (χ2v) is 9.94. The van der Waals surface area contributed by atoms with E-state index in [0.29, 0.717) is 44.1 Å². The van der Waals surface area contributed by atoms with Gasteiger partial charge in [-0.15, -0.1) is 0 Å². The van der Waals surface area contributed by atoms with Crippen LogP contribution in [-0.2, 0) is 19.6 Å². The lowest BCUT2D eigenvalue weighted by Gasteiger charge is -2.37. The monoisotopic (exact) mass is 436 g/mol. The minimum Gasteiger partial charge on any atom is -0.497 e. The summed E-state index contributed by atoms with van der Waals surface area (Å²) in [4.78, 5) is 26.6. The van der Waals surface area contributed by atoms with Crippen LogP contribution in [0.25, 0.3) is 0 Å². The van der Waals surface area contributed by atoms with Crippen molar-refractivity contribution in [3.05, 3.63) is 24.3 Å². The van der Waals surface area contributed by atoms with Gasteiger partial charge in [0.25, 0.3) is 0 Å². The Labute approximate surface area is 176 Å². The molecule has 2 saturated heterocycles. The molecule has 1 aromatic rings. The summed E-state index contributed by atoms with van der Waals surface area (Å²) in [6.07, 6.45) is 3.55. The topological polar surface area (TPSA) is 117 Å². The Bertz CT molecular complexity index is 900. The number of benzene rings is 1. The van der Waals surface area contributed by atoms with Crippen LogP contribution in [0.1, 0.15) is 32.1 Å². The zero-order valence-corrected chi connectivity index (χ0v) is 17.8. The van der Waals surface area contributed by atoms with Gasteiger partial charge in [0.15, 0.2) is 0 Å². The molecule has 0 bridgehead atoms. The van der Waals surface area contributed by atoms with Gasteiger partial charge >= 0.3 is 0 Å². The molecule has 1 saturated carbocycles. The molecule has 30 heavy (non-hydrogen) atoms.